The zero-order valence-electron chi connectivity index (χ0n) is 12.1. The lowest BCUT2D eigenvalue weighted by molar-refractivity contribution is -0.0499. The molecule has 120 valence electrons. The third kappa shape index (κ3) is 5.31. The molecule has 0 heterocycles. The first-order valence-corrected chi connectivity index (χ1v) is 7.28. The van der Waals surface area contributed by atoms with Crippen LogP contribution in [0.5, 0.6) is 5.75 Å². The van der Waals surface area contributed by atoms with E-state index in [1.807, 2.05) is 0 Å². The SMILES string of the molecule is O=C(N/N=C/c1ccccc1OC(F)F)NC1CCCCC1. The van der Waals surface area contributed by atoms with Gasteiger partial charge in [-0.2, -0.15) is 13.9 Å². The summed E-state index contributed by atoms with van der Waals surface area (Å²) in [7, 11) is 0. The van der Waals surface area contributed by atoms with Crippen LogP contribution in [0, 0.1) is 0 Å². The Morgan fingerprint density at radius 3 is 2.73 bits per heavy atom. The van der Waals surface area contributed by atoms with E-state index >= 15 is 0 Å². The number of urea groups is 1. The smallest absolute Gasteiger partial charge is 0.387 e. The standard InChI is InChI=1S/C15H19F2N3O2/c16-14(17)22-13-9-5-4-6-11(13)10-18-20-15(21)19-12-7-2-1-3-8-12/h4-6,9-10,12,14H,1-3,7-8H2,(H2,19,20,21)/b18-10+. The molecule has 7 heteroatoms. The molecule has 0 bridgehead atoms. The molecule has 0 saturated heterocycles. The van der Waals surface area contributed by atoms with Crippen molar-refractivity contribution in [2.75, 3.05) is 0 Å². The number of ether oxygens (including phenoxy) is 1. The highest BCUT2D eigenvalue weighted by Crippen LogP contribution is 2.18. The number of alkyl halides is 2. The predicted octanol–water partition coefficient (Wildman–Crippen LogP) is 3.25. The normalized spacial score (nSPS) is 16.0. The van der Waals surface area contributed by atoms with Crippen LogP contribution in [0.15, 0.2) is 29.4 Å². The van der Waals surface area contributed by atoms with Crippen molar-refractivity contribution >= 4 is 12.2 Å². The van der Waals surface area contributed by atoms with Gasteiger partial charge in [-0.05, 0) is 25.0 Å². The van der Waals surface area contributed by atoms with Gasteiger partial charge in [0.25, 0.3) is 0 Å². The van der Waals surface area contributed by atoms with Gasteiger partial charge in [0.1, 0.15) is 5.75 Å². The van der Waals surface area contributed by atoms with E-state index in [2.05, 4.69) is 20.6 Å². The van der Waals surface area contributed by atoms with Gasteiger partial charge < -0.3 is 10.1 Å². The molecular formula is C15H19F2N3O2. The maximum atomic E-state index is 12.3. The second-order valence-electron chi connectivity index (χ2n) is 5.09. The van der Waals surface area contributed by atoms with Gasteiger partial charge in [-0.1, -0.05) is 31.4 Å². The Kier molecular flexibility index (Phi) is 6.12. The lowest BCUT2D eigenvalue weighted by Crippen LogP contribution is -2.41. The number of amides is 2. The molecule has 0 aromatic heterocycles. The fraction of sp³-hybridized carbons (Fsp3) is 0.467. The molecule has 0 spiro atoms. The Bertz CT molecular complexity index is 517. The third-order valence-corrected chi connectivity index (χ3v) is 3.45. The number of halogens is 2. The summed E-state index contributed by atoms with van der Waals surface area (Å²) >= 11 is 0. The first kappa shape index (κ1) is 16.2. The summed E-state index contributed by atoms with van der Waals surface area (Å²) in [5.74, 6) is 0.00994. The molecule has 2 rings (SSSR count). The Morgan fingerprint density at radius 2 is 2.00 bits per heavy atom. The molecule has 1 aromatic carbocycles. The van der Waals surface area contributed by atoms with E-state index in [4.69, 9.17) is 0 Å². The Balaban J connectivity index is 1.85. The highest BCUT2D eigenvalue weighted by Gasteiger charge is 2.15. The molecule has 1 aromatic rings. The van der Waals surface area contributed by atoms with Crippen LogP contribution in [-0.4, -0.2) is 24.9 Å². The molecule has 0 atom stereocenters. The van der Waals surface area contributed by atoms with Gasteiger partial charge in [-0.25, -0.2) is 10.2 Å². The van der Waals surface area contributed by atoms with Crippen LogP contribution in [0.2, 0.25) is 0 Å². The molecule has 0 radical (unpaired) electrons. The van der Waals surface area contributed by atoms with Gasteiger partial charge >= 0.3 is 12.6 Å². The molecule has 2 amide bonds. The highest BCUT2D eigenvalue weighted by molar-refractivity contribution is 5.84. The maximum Gasteiger partial charge on any atom is 0.387 e. The summed E-state index contributed by atoms with van der Waals surface area (Å²) in [5.41, 5.74) is 2.70. The van der Waals surface area contributed by atoms with Crippen LogP contribution in [0.4, 0.5) is 13.6 Å². The van der Waals surface area contributed by atoms with Gasteiger partial charge in [-0.3, -0.25) is 0 Å². The first-order valence-electron chi connectivity index (χ1n) is 7.28. The number of hydrogen-bond donors (Lipinski definition) is 2. The lowest BCUT2D eigenvalue weighted by atomic mass is 9.96. The Hall–Kier alpha value is -2.18. The minimum absolute atomic E-state index is 0.00994. The number of nitrogens with one attached hydrogen (secondary N) is 2. The molecule has 1 saturated carbocycles. The number of hydrogen-bond acceptors (Lipinski definition) is 3. The lowest BCUT2D eigenvalue weighted by Gasteiger charge is -2.22. The predicted molar refractivity (Wildman–Crippen MR) is 79.2 cm³/mol. The van der Waals surface area contributed by atoms with E-state index < -0.39 is 12.6 Å². The molecule has 1 aliphatic rings. The number of rotatable bonds is 5. The van der Waals surface area contributed by atoms with Crippen molar-refractivity contribution in [1.29, 1.82) is 0 Å². The number of nitrogens with zero attached hydrogens (tertiary/aromatic N) is 1. The summed E-state index contributed by atoms with van der Waals surface area (Å²) in [4.78, 5) is 11.7. The summed E-state index contributed by atoms with van der Waals surface area (Å²) in [6.07, 6.45) is 6.67. The molecule has 1 fully saturated rings. The van der Waals surface area contributed by atoms with E-state index in [-0.39, 0.29) is 11.8 Å². The third-order valence-electron chi connectivity index (χ3n) is 3.45. The van der Waals surface area contributed by atoms with Crippen molar-refractivity contribution in [1.82, 2.24) is 10.7 Å². The van der Waals surface area contributed by atoms with E-state index in [1.165, 1.54) is 18.7 Å². The zero-order valence-corrected chi connectivity index (χ0v) is 12.1. The van der Waals surface area contributed by atoms with Crippen molar-refractivity contribution in [3.05, 3.63) is 29.8 Å². The largest absolute Gasteiger partial charge is 0.434 e. The number of benzene rings is 1. The zero-order chi connectivity index (χ0) is 15.8. The van der Waals surface area contributed by atoms with Gasteiger partial charge in [0.15, 0.2) is 0 Å². The summed E-state index contributed by atoms with van der Waals surface area (Å²) in [5, 5.41) is 6.60. The Morgan fingerprint density at radius 1 is 1.27 bits per heavy atom. The van der Waals surface area contributed by atoms with Crippen molar-refractivity contribution < 1.29 is 18.3 Å². The van der Waals surface area contributed by atoms with E-state index in [0.29, 0.717) is 5.56 Å². The quantitative estimate of drug-likeness (QED) is 0.647. The summed E-state index contributed by atoms with van der Waals surface area (Å²) < 4.78 is 28.9. The number of para-hydroxylation sites is 1. The van der Waals surface area contributed by atoms with Crippen molar-refractivity contribution in [2.24, 2.45) is 5.10 Å². The van der Waals surface area contributed by atoms with Crippen molar-refractivity contribution in [3.63, 3.8) is 0 Å². The van der Waals surface area contributed by atoms with Crippen LogP contribution in [-0.2, 0) is 0 Å². The average Bonchev–Trinajstić information content (AvgIpc) is 2.49. The minimum Gasteiger partial charge on any atom is -0.434 e. The van der Waals surface area contributed by atoms with Gasteiger partial charge in [0, 0.05) is 11.6 Å². The fourth-order valence-corrected chi connectivity index (χ4v) is 2.42. The molecule has 1 aliphatic carbocycles. The van der Waals surface area contributed by atoms with Gasteiger partial charge in [0.2, 0.25) is 0 Å². The molecular weight excluding hydrogens is 292 g/mol. The van der Waals surface area contributed by atoms with Crippen LogP contribution >= 0.6 is 0 Å². The van der Waals surface area contributed by atoms with E-state index in [0.717, 1.165) is 25.7 Å². The highest BCUT2D eigenvalue weighted by atomic mass is 19.3. The number of hydrazone groups is 1. The first-order chi connectivity index (χ1) is 10.6. The molecule has 22 heavy (non-hydrogen) atoms. The van der Waals surface area contributed by atoms with Gasteiger partial charge in [-0.15, -0.1) is 0 Å². The molecule has 0 unspecified atom stereocenters. The number of carbonyl (C=O) groups excluding carboxylic acids is 1. The second kappa shape index (κ2) is 8.31. The van der Waals surface area contributed by atoms with Crippen LogP contribution in [0.3, 0.4) is 0 Å². The average molecular weight is 311 g/mol. The van der Waals surface area contributed by atoms with Crippen LogP contribution in [0.25, 0.3) is 0 Å². The molecule has 0 aliphatic heterocycles. The van der Waals surface area contributed by atoms with E-state index in [9.17, 15) is 13.6 Å². The fourth-order valence-electron chi connectivity index (χ4n) is 2.42. The minimum atomic E-state index is -2.91. The maximum absolute atomic E-state index is 12.3. The topological polar surface area (TPSA) is 62.7 Å². The second-order valence-corrected chi connectivity index (χ2v) is 5.09. The monoisotopic (exact) mass is 311 g/mol. The summed E-state index contributed by atoms with van der Waals surface area (Å²) in [6.45, 7) is -2.91. The summed E-state index contributed by atoms with van der Waals surface area (Å²) in [6, 6.07) is 6.02. The van der Waals surface area contributed by atoms with Crippen molar-refractivity contribution in [2.45, 2.75) is 44.8 Å². The van der Waals surface area contributed by atoms with Crippen LogP contribution in [0.1, 0.15) is 37.7 Å². The van der Waals surface area contributed by atoms with Gasteiger partial charge in [0.05, 0.1) is 6.21 Å². The van der Waals surface area contributed by atoms with Crippen molar-refractivity contribution in [3.8, 4) is 5.75 Å². The molecule has 5 nitrogen and oxygen atoms in total. The number of carbonyl (C=O) groups is 1. The van der Waals surface area contributed by atoms with Crippen LogP contribution < -0.4 is 15.5 Å². The Labute approximate surface area is 127 Å². The molecule has 2 N–H and O–H groups in total. The van der Waals surface area contributed by atoms with E-state index in [1.54, 1.807) is 18.2 Å².